The molecule has 0 bridgehead atoms. The van der Waals surface area contributed by atoms with Crippen molar-refractivity contribution >= 4 is 33.6 Å². The van der Waals surface area contributed by atoms with E-state index in [2.05, 4.69) is 80.8 Å². The van der Waals surface area contributed by atoms with Crippen LogP contribution in [0, 0.1) is 6.92 Å². The van der Waals surface area contributed by atoms with Gasteiger partial charge in [0.2, 0.25) is 5.95 Å². The minimum Gasteiger partial charge on any atom is -0.369 e. The van der Waals surface area contributed by atoms with Crippen LogP contribution in [0.25, 0.3) is 21.8 Å². The highest BCUT2D eigenvalue weighted by molar-refractivity contribution is 5.84. The van der Waals surface area contributed by atoms with Crippen molar-refractivity contribution in [3.8, 4) is 0 Å². The molecule has 0 aliphatic heterocycles. The molecule has 3 heterocycles. The molecule has 5 aromatic rings. The van der Waals surface area contributed by atoms with Crippen molar-refractivity contribution in [2.24, 2.45) is 0 Å². The van der Waals surface area contributed by atoms with Crippen LogP contribution < -0.4 is 11.1 Å². The number of aryl methyl sites for hydroxylation is 1. The molecule has 0 unspecified atom stereocenters. The summed E-state index contributed by atoms with van der Waals surface area (Å²) < 4.78 is 0. The van der Waals surface area contributed by atoms with E-state index in [4.69, 9.17) is 5.73 Å². The molecule has 0 aliphatic carbocycles. The third-order valence-electron chi connectivity index (χ3n) is 5.51. The number of nitrogen functional groups attached to an aromatic ring is 1. The second-order valence-electron chi connectivity index (χ2n) is 7.72. The number of nitrogens with two attached hydrogens (primary N) is 1. The van der Waals surface area contributed by atoms with Gasteiger partial charge < -0.3 is 21.0 Å². The summed E-state index contributed by atoms with van der Waals surface area (Å²) in [6.07, 6.45) is 7.50. The number of nitrogens with zero attached hydrogens (tertiary/aromatic N) is 2. The average molecular weight is 396 g/mol. The van der Waals surface area contributed by atoms with Crippen LogP contribution in [0.4, 0.5) is 11.8 Å². The molecule has 6 heteroatoms. The summed E-state index contributed by atoms with van der Waals surface area (Å²) >= 11 is 0. The van der Waals surface area contributed by atoms with E-state index in [-0.39, 0.29) is 5.95 Å². The lowest BCUT2D eigenvalue weighted by Crippen LogP contribution is -2.11. The highest BCUT2D eigenvalue weighted by Crippen LogP contribution is 2.22. The summed E-state index contributed by atoms with van der Waals surface area (Å²) in [6, 6.07) is 15.0. The van der Waals surface area contributed by atoms with Crippen molar-refractivity contribution in [2.45, 2.75) is 19.8 Å². The number of nitrogens with one attached hydrogen (secondary N) is 3. The van der Waals surface area contributed by atoms with Crippen LogP contribution in [0.15, 0.2) is 61.1 Å². The predicted octanol–water partition coefficient (Wildman–Crippen LogP) is 4.58. The maximum absolute atomic E-state index is 5.87. The second kappa shape index (κ2) is 7.55. The van der Waals surface area contributed by atoms with Crippen LogP contribution in [0.1, 0.15) is 22.3 Å². The Morgan fingerprint density at radius 3 is 2.87 bits per heavy atom. The molecule has 0 atom stereocenters. The maximum atomic E-state index is 5.87. The number of aromatic amines is 2. The van der Waals surface area contributed by atoms with Crippen molar-refractivity contribution in [3.05, 3.63) is 83.3 Å². The lowest BCUT2D eigenvalue weighted by molar-refractivity contribution is 0.990. The van der Waals surface area contributed by atoms with E-state index in [1.807, 2.05) is 12.4 Å². The first-order chi connectivity index (χ1) is 14.7. The summed E-state index contributed by atoms with van der Waals surface area (Å²) in [5.74, 6) is 1.08. The van der Waals surface area contributed by atoms with Crippen LogP contribution in [-0.4, -0.2) is 26.5 Å². The Labute approximate surface area is 174 Å². The van der Waals surface area contributed by atoms with Crippen molar-refractivity contribution in [1.82, 2.24) is 19.9 Å². The molecule has 5 rings (SSSR count). The Bertz CT molecular complexity index is 1330. The van der Waals surface area contributed by atoms with Gasteiger partial charge in [0, 0.05) is 53.5 Å². The van der Waals surface area contributed by atoms with Gasteiger partial charge in [0.15, 0.2) is 0 Å². The minimum absolute atomic E-state index is 0.281. The summed E-state index contributed by atoms with van der Waals surface area (Å²) in [5.41, 5.74) is 13.0. The molecule has 6 nitrogen and oxygen atoms in total. The minimum atomic E-state index is 0.281. The first kappa shape index (κ1) is 18.2. The SMILES string of the molecule is Cc1ccc2[nH]cc(CCNc3nc(N)ncc3Cc3ccc4cc[nH]c4c3)c2c1. The number of hydrogen-bond donors (Lipinski definition) is 4. The van der Waals surface area contributed by atoms with Crippen LogP contribution >= 0.6 is 0 Å². The molecule has 0 aliphatic rings. The van der Waals surface area contributed by atoms with E-state index in [0.717, 1.165) is 36.3 Å². The molecule has 3 aromatic heterocycles. The average Bonchev–Trinajstić information content (AvgIpc) is 3.36. The van der Waals surface area contributed by atoms with E-state index >= 15 is 0 Å². The van der Waals surface area contributed by atoms with Crippen LogP contribution in [0.3, 0.4) is 0 Å². The van der Waals surface area contributed by atoms with Gasteiger partial charge in [-0.25, -0.2) is 4.98 Å². The van der Waals surface area contributed by atoms with Gasteiger partial charge in [-0.05, 0) is 54.1 Å². The molecular weight excluding hydrogens is 372 g/mol. The number of hydrogen-bond acceptors (Lipinski definition) is 4. The van der Waals surface area contributed by atoms with Crippen molar-refractivity contribution < 1.29 is 0 Å². The standard InChI is InChI=1S/C24H24N6/c1-15-2-5-21-20(10-15)18(13-28-21)7-9-27-23-19(14-29-24(25)30-23)11-16-3-4-17-6-8-26-22(17)12-16/h2-6,8,10,12-14,26,28H,7,9,11H2,1H3,(H3,25,27,29,30). The van der Waals surface area contributed by atoms with Crippen molar-refractivity contribution in [2.75, 3.05) is 17.6 Å². The number of anilines is 2. The largest absolute Gasteiger partial charge is 0.369 e. The predicted molar refractivity (Wildman–Crippen MR) is 123 cm³/mol. The summed E-state index contributed by atoms with van der Waals surface area (Å²) in [7, 11) is 0. The van der Waals surface area contributed by atoms with Gasteiger partial charge in [0.25, 0.3) is 0 Å². The molecule has 0 saturated heterocycles. The van der Waals surface area contributed by atoms with Gasteiger partial charge in [-0.3, -0.25) is 0 Å². The molecule has 0 radical (unpaired) electrons. The maximum Gasteiger partial charge on any atom is 0.221 e. The second-order valence-corrected chi connectivity index (χ2v) is 7.72. The highest BCUT2D eigenvalue weighted by Gasteiger charge is 2.09. The number of rotatable bonds is 6. The van der Waals surface area contributed by atoms with Crippen LogP contribution in [0.2, 0.25) is 0 Å². The quantitative estimate of drug-likeness (QED) is 0.338. The number of benzene rings is 2. The molecule has 0 amide bonds. The topological polar surface area (TPSA) is 95.4 Å². The molecule has 150 valence electrons. The van der Waals surface area contributed by atoms with Crippen LogP contribution in [-0.2, 0) is 12.8 Å². The fourth-order valence-electron chi connectivity index (χ4n) is 3.94. The molecule has 30 heavy (non-hydrogen) atoms. The zero-order valence-corrected chi connectivity index (χ0v) is 16.9. The number of fused-ring (bicyclic) bond motifs is 2. The third-order valence-corrected chi connectivity index (χ3v) is 5.51. The van der Waals surface area contributed by atoms with Gasteiger partial charge in [0.05, 0.1) is 0 Å². The fourth-order valence-corrected chi connectivity index (χ4v) is 3.94. The van der Waals surface area contributed by atoms with E-state index in [9.17, 15) is 0 Å². The molecule has 0 saturated carbocycles. The molecule has 2 aromatic carbocycles. The van der Waals surface area contributed by atoms with E-state index in [0.29, 0.717) is 0 Å². The Morgan fingerprint density at radius 1 is 1.00 bits per heavy atom. The third kappa shape index (κ3) is 3.59. The molecule has 0 fully saturated rings. The molecular formula is C24H24N6. The van der Waals surface area contributed by atoms with Gasteiger partial charge in [-0.15, -0.1) is 0 Å². The monoisotopic (exact) mass is 396 g/mol. The Kier molecular flexibility index (Phi) is 4.59. The highest BCUT2D eigenvalue weighted by atomic mass is 15.1. The first-order valence-corrected chi connectivity index (χ1v) is 10.1. The summed E-state index contributed by atoms with van der Waals surface area (Å²) in [6.45, 7) is 2.88. The summed E-state index contributed by atoms with van der Waals surface area (Å²) in [4.78, 5) is 15.3. The zero-order chi connectivity index (χ0) is 20.5. The van der Waals surface area contributed by atoms with E-state index in [1.54, 1.807) is 0 Å². The zero-order valence-electron chi connectivity index (χ0n) is 16.9. The van der Waals surface area contributed by atoms with E-state index < -0.39 is 0 Å². The molecule has 0 spiro atoms. The van der Waals surface area contributed by atoms with Gasteiger partial charge in [0.1, 0.15) is 5.82 Å². The van der Waals surface area contributed by atoms with E-state index in [1.165, 1.54) is 33.0 Å². The molecule has 5 N–H and O–H groups in total. The normalized spacial score (nSPS) is 11.4. The Balaban J connectivity index is 1.33. The van der Waals surface area contributed by atoms with Gasteiger partial charge in [-0.1, -0.05) is 23.8 Å². The lowest BCUT2D eigenvalue weighted by atomic mass is 10.1. The smallest absolute Gasteiger partial charge is 0.221 e. The number of H-pyrrole nitrogens is 2. The number of aromatic nitrogens is 4. The van der Waals surface area contributed by atoms with Gasteiger partial charge >= 0.3 is 0 Å². The summed E-state index contributed by atoms with van der Waals surface area (Å²) in [5, 5.41) is 5.96. The first-order valence-electron chi connectivity index (χ1n) is 10.1. The van der Waals surface area contributed by atoms with Crippen molar-refractivity contribution in [1.29, 1.82) is 0 Å². The fraction of sp³-hybridized carbons (Fsp3) is 0.167. The van der Waals surface area contributed by atoms with Crippen molar-refractivity contribution in [3.63, 3.8) is 0 Å². The lowest BCUT2D eigenvalue weighted by Gasteiger charge is -2.11. The Morgan fingerprint density at radius 2 is 1.93 bits per heavy atom. The Hall–Kier alpha value is -3.80. The van der Waals surface area contributed by atoms with Crippen LogP contribution in [0.5, 0.6) is 0 Å². The van der Waals surface area contributed by atoms with Gasteiger partial charge in [-0.2, -0.15) is 4.98 Å².